The normalized spacial score (nSPS) is 9.92. The molecule has 0 spiro atoms. The van der Waals surface area contributed by atoms with E-state index < -0.39 is 5.97 Å². The molecule has 0 unspecified atom stereocenters. The zero-order chi connectivity index (χ0) is 17.7. The summed E-state index contributed by atoms with van der Waals surface area (Å²) in [4.78, 5) is 11.5. The molecule has 0 amide bonds. The van der Waals surface area contributed by atoms with Gasteiger partial charge in [0.1, 0.15) is 11.5 Å². The average molecular weight is 321 g/mol. The lowest BCUT2D eigenvalue weighted by Crippen LogP contribution is -2.07. The van der Waals surface area contributed by atoms with Gasteiger partial charge in [0.2, 0.25) is 5.90 Å². The second kappa shape index (κ2) is 7.42. The van der Waals surface area contributed by atoms with Crippen LogP contribution >= 0.6 is 0 Å². The lowest BCUT2D eigenvalue weighted by molar-refractivity contribution is -0.130. The van der Waals surface area contributed by atoms with Gasteiger partial charge < -0.3 is 9.47 Å². The third-order valence-corrected chi connectivity index (χ3v) is 3.21. The minimum atomic E-state index is -0.441. The number of carbonyl (C=O) groups excluding carboxylic acids is 1. The first-order valence-electron chi connectivity index (χ1n) is 7.37. The van der Waals surface area contributed by atoms with Crippen molar-refractivity contribution < 1.29 is 14.3 Å². The highest BCUT2D eigenvalue weighted by molar-refractivity contribution is 5.91. The van der Waals surface area contributed by atoms with E-state index in [4.69, 9.17) is 14.9 Å². The molecular weight excluding hydrogens is 302 g/mol. The molecule has 0 aliphatic rings. The van der Waals surface area contributed by atoms with Gasteiger partial charge in [0, 0.05) is 11.1 Å². The van der Waals surface area contributed by atoms with Crippen molar-refractivity contribution in [1.82, 2.24) is 0 Å². The summed E-state index contributed by atoms with van der Waals surface area (Å²) in [6.45, 7) is 10.5. The summed E-state index contributed by atoms with van der Waals surface area (Å²) in [7, 11) is 0. The number of hydrogen-bond donors (Lipinski definition) is 1. The van der Waals surface area contributed by atoms with Gasteiger partial charge in [0.25, 0.3) is 0 Å². The van der Waals surface area contributed by atoms with E-state index in [9.17, 15) is 4.79 Å². The summed E-state index contributed by atoms with van der Waals surface area (Å²) in [5, 5.41) is 7.64. The van der Waals surface area contributed by atoms with Gasteiger partial charge in [-0.3, -0.25) is 5.41 Å². The van der Waals surface area contributed by atoms with Crippen LogP contribution in [0.5, 0.6) is 11.5 Å². The predicted molar refractivity (Wildman–Crippen MR) is 95.5 cm³/mol. The zero-order valence-corrected chi connectivity index (χ0v) is 13.8. The highest BCUT2D eigenvalue weighted by atomic mass is 16.5. The zero-order valence-electron chi connectivity index (χ0n) is 13.8. The molecular formula is C20H19NO3. The summed E-state index contributed by atoms with van der Waals surface area (Å²) in [5.41, 5.74) is 2.89. The van der Waals surface area contributed by atoms with Gasteiger partial charge >= 0.3 is 5.97 Å². The summed E-state index contributed by atoms with van der Waals surface area (Å²) in [5.74, 6) is 0.663. The number of hydrogen-bond acceptors (Lipinski definition) is 4. The van der Waals surface area contributed by atoms with Gasteiger partial charge in [-0.25, -0.2) is 4.79 Å². The molecule has 0 saturated carbocycles. The van der Waals surface area contributed by atoms with Crippen LogP contribution in [-0.2, 0) is 4.79 Å². The maximum atomic E-state index is 11.5. The molecule has 4 nitrogen and oxygen atoms in total. The molecule has 122 valence electrons. The van der Waals surface area contributed by atoms with E-state index in [-0.39, 0.29) is 5.90 Å². The SMILES string of the molecule is C=C(C)C(=N)Oc1ccc(-c2ccc(OC(=O)C(=C)C)cc2)cc1. The molecule has 0 fully saturated rings. The fourth-order valence-corrected chi connectivity index (χ4v) is 1.83. The Morgan fingerprint density at radius 3 is 1.58 bits per heavy atom. The van der Waals surface area contributed by atoms with Crippen molar-refractivity contribution in [3.8, 4) is 22.6 Å². The van der Waals surface area contributed by atoms with Crippen molar-refractivity contribution in [3.63, 3.8) is 0 Å². The number of rotatable bonds is 5. The minimum Gasteiger partial charge on any atom is -0.439 e. The molecule has 0 aliphatic carbocycles. The molecule has 24 heavy (non-hydrogen) atoms. The molecule has 4 heteroatoms. The first-order valence-corrected chi connectivity index (χ1v) is 7.37. The van der Waals surface area contributed by atoms with E-state index in [2.05, 4.69) is 13.2 Å². The van der Waals surface area contributed by atoms with E-state index in [1.165, 1.54) is 0 Å². The molecule has 0 radical (unpaired) electrons. The number of esters is 1. The van der Waals surface area contributed by atoms with Gasteiger partial charge in [0.15, 0.2) is 0 Å². The Labute approximate surface area is 141 Å². The summed E-state index contributed by atoms with van der Waals surface area (Å²) in [6.07, 6.45) is 0. The molecule has 0 saturated heterocycles. The second-order valence-electron chi connectivity index (χ2n) is 5.43. The van der Waals surface area contributed by atoms with Crippen molar-refractivity contribution in [1.29, 1.82) is 5.41 Å². The third-order valence-electron chi connectivity index (χ3n) is 3.21. The van der Waals surface area contributed by atoms with E-state index in [1.54, 1.807) is 38.1 Å². The van der Waals surface area contributed by atoms with Crippen LogP contribution in [0.3, 0.4) is 0 Å². The van der Waals surface area contributed by atoms with Crippen molar-refractivity contribution in [2.24, 2.45) is 0 Å². The largest absolute Gasteiger partial charge is 0.439 e. The molecule has 2 aromatic carbocycles. The predicted octanol–water partition coefficient (Wildman–Crippen LogP) is 4.77. The van der Waals surface area contributed by atoms with Gasteiger partial charge in [-0.05, 0) is 49.2 Å². The Bertz CT molecular complexity index is 717. The molecule has 0 heterocycles. The molecule has 1 N–H and O–H groups in total. The van der Waals surface area contributed by atoms with Crippen molar-refractivity contribution in [3.05, 3.63) is 72.8 Å². The number of benzene rings is 2. The van der Waals surface area contributed by atoms with E-state index >= 15 is 0 Å². The highest BCUT2D eigenvalue weighted by Crippen LogP contribution is 2.25. The fourth-order valence-electron chi connectivity index (χ4n) is 1.83. The Hall–Kier alpha value is -3.14. The number of nitrogens with one attached hydrogen (secondary N) is 1. The van der Waals surface area contributed by atoms with Crippen LogP contribution in [0.4, 0.5) is 0 Å². The van der Waals surface area contributed by atoms with Crippen LogP contribution in [0, 0.1) is 5.41 Å². The van der Waals surface area contributed by atoms with E-state index in [1.807, 2.05) is 24.3 Å². The molecule has 0 aromatic heterocycles. The van der Waals surface area contributed by atoms with Crippen molar-refractivity contribution >= 4 is 11.9 Å². The van der Waals surface area contributed by atoms with Crippen LogP contribution in [-0.4, -0.2) is 11.9 Å². The minimum absolute atomic E-state index is 0.0476. The van der Waals surface area contributed by atoms with Gasteiger partial charge in [-0.15, -0.1) is 0 Å². The topological polar surface area (TPSA) is 59.4 Å². The maximum Gasteiger partial charge on any atom is 0.338 e. The van der Waals surface area contributed by atoms with E-state index in [0.29, 0.717) is 22.6 Å². The van der Waals surface area contributed by atoms with Crippen LogP contribution in [0.15, 0.2) is 72.8 Å². The van der Waals surface area contributed by atoms with E-state index in [0.717, 1.165) is 11.1 Å². The fraction of sp³-hybridized carbons (Fsp3) is 0.100. The molecule has 2 rings (SSSR count). The molecule has 0 atom stereocenters. The second-order valence-corrected chi connectivity index (χ2v) is 5.43. The summed E-state index contributed by atoms with van der Waals surface area (Å²) in [6, 6.07) is 14.6. The smallest absolute Gasteiger partial charge is 0.338 e. The quantitative estimate of drug-likeness (QED) is 0.284. The van der Waals surface area contributed by atoms with Crippen LogP contribution in [0.25, 0.3) is 11.1 Å². The first kappa shape index (κ1) is 17.2. The summed E-state index contributed by atoms with van der Waals surface area (Å²) < 4.78 is 10.5. The standard InChI is InChI=1S/C20H19NO3/c1-13(2)19(21)23-17-9-5-15(6-10-17)16-7-11-18(12-8-16)24-20(22)14(3)4/h5-12,21H,1,3H2,2,4H3. The molecule has 0 bridgehead atoms. The van der Waals surface area contributed by atoms with Crippen molar-refractivity contribution in [2.45, 2.75) is 13.8 Å². The van der Waals surface area contributed by atoms with Crippen LogP contribution in [0.1, 0.15) is 13.8 Å². The Balaban J connectivity index is 2.09. The Morgan fingerprint density at radius 1 is 0.792 bits per heavy atom. The van der Waals surface area contributed by atoms with Crippen LogP contribution in [0.2, 0.25) is 0 Å². The van der Waals surface area contributed by atoms with Gasteiger partial charge in [-0.1, -0.05) is 37.4 Å². The summed E-state index contributed by atoms with van der Waals surface area (Å²) >= 11 is 0. The lowest BCUT2D eigenvalue weighted by Gasteiger charge is -2.08. The van der Waals surface area contributed by atoms with Gasteiger partial charge in [-0.2, -0.15) is 0 Å². The Kier molecular flexibility index (Phi) is 5.32. The van der Waals surface area contributed by atoms with Crippen LogP contribution < -0.4 is 9.47 Å². The first-order chi connectivity index (χ1) is 11.4. The molecule has 2 aromatic rings. The monoisotopic (exact) mass is 321 g/mol. The molecule has 0 aliphatic heterocycles. The Morgan fingerprint density at radius 2 is 1.21 bits per heavy atom. The highest BCUT2D eigenvalue weighted by Gasteiger charge is 2.06. The lowest BCUT2D eigenvalue weighted by atomic mass is 10.1. The average Bonchev–Trinajstić information content (AvgIpc) is 2.56. The third kappa shape index (κ3) is 4.43. The number of carbonyl (C=O) groups is 1. The van der Waals surface area contributed by atoms with Gasteiger partial charge in [0.05, 0.1) is 0 Å². The van der Waals surface area contributed by atoms with Crippen molar-refractivity contribution in [2.75, 3.05) is 0 Å². The number of ether oxygens (including phenoxy) is 2. The maximum absolute atomic E-state index is 11.5.